The van der Waals surface area contributed by atoms with E-state index in [2.05, 4.69) is 15.0 Å². The fourth-order valence-electron chi connectivity index (χ4n) is 4.04. The highest BCUT2D eigenvalue weighted by Gasteiger charge is 2.40. The number of anilines is 2. The molecule has 7 nitrogen and oxygen atoms in total. The Balaban J connectivity index is 1.64. The number of nitrogens with zero attached hydrogens (tertiary/aromatic N) is 4. The van der Waals surface area contributed by atoms with Crippen LogP contribution in [0, 0.1) is 5.41 Å². The van der Waals surface area contributed by atoms with Crippen LogP contribution in [-0.2, 0) is 6.18 Å². The molecular formula is C19H21F3N6OS. The molecule has 30 heavy (non-hydrogen) atoms. The number of halogens is 3. The third kappa shape index (κ3) is 3.90. The molecule has 0 radical (unpaired) electrons. The smallest absolute Gasteiger partial charge is 0.381 e. The Morgan fingerprint density at radius 3 is 2.43 bits per heavy atom. The van der Waals surface area contributed by atoms with Crippen LogP contribution < -0.4 is 16.4 Å². The first kappa shape index (κ1) is 20.7. The van der Waals surface area contributed by atoms with Gasteiger partial charge in [0.1, 0.15) is 5.03 Å². The molecule has 4 N–H and O–H groups in total. The molecule has 1 spiro atoms. The summed E-state index contributed by atoms with van der Waals surface area (Å²) in [7, 11) is 0. The number of nitrogen functional groups attached to an aromatic ring is 1. The van der Waals surface area contributed by atoms with Gasteiger partial charge in [-0.15, -0.1) is 0 Å². The highest BCUT2D eigenvalue weighted by molar-refractivity contribution is 7.99. The number of carbonyl (C=O) groups excluding carboxylic acids is 1. The first-order valence-electron chi connectivity index (χ1n) is 9.61. The maximum Gasteiger partial charge on any atom is 0.434 e. The lowest BCUT2D eigenvalue weighted by molar-refractivity contribution is -0.143. The topological polar surface area (TPSA) is 111 Å². The number of carbonyl (C=O) groups is 1. The summed E-state index contributed by atoms with van der Waals surface area (Å²) < 4.78 is 39.7. The molecule has 4 rings (SSSR count). The van der Waals surface area contributed by atoms with Gasteiger partial charge in [-0.1, -0.05) is 18.2 Å². The monoisotopic (exact) mass is 438 g/mol. The van der Waals surface area contributed by atoms with Gasteiger partial charge in [-0.3, -0.25) is 9.78 Å². The lowest BCUT2D eigenvalue weighted by Crippen LogP contribution is -2.44. The summed E-state index contributed by atoms with van der Waals surface area (Å²) in [6, 6.07) is 2.65. The molecule has 1 aliphatic carbocycles. The van der Waals surface area contributed by atoms with Gasteiger partial charge in [-0.05, 0) is 43.2 Å². The predicted octanol–water partition coefficient (Wildman–Crippen LogP) is 3.49. The van der Waals surface area contributed by atoms with E-state index in [1.165, 1.54) is 31.4 Å². The molecule has 2 fully saturated rings. The van der Waals surface area contributed by atoms with Crippen molar-refractivity contribution in [2.75, 3.05) is 23.7 Å². The molecular weight excluding hydrogens is 417 g/mol. The van der Waals surface area contributed by atoms with Crippen LogP contribution in [-0.4, -0.2) is 33.9 Å². The van der Waals surface area contributed by atoms with E-state index in [1.54, 1.807) is 0 Å². The first-order valence-corrected chi connectivity index (χ1v) is 10.4. The number of hydrogen-bond donors (Lipinski definition) is 2. The molecule has 1 aliphatic heterocycles. The lowest BCUT2D eigenvalue weighted by Gasteiger charge is -2.48. The van der Waals surface area contributed by atoms with Gasteiger partial charge >= 0.3 is 6.18 Å². The number of amides is 1. The minimum atomic E-state index is -4.64. The SMILES string of the molecule is NC(=O)c1nc(Sc2cccnc2C(F)(F)F)c(N)nc1N1CCC2(CCC2)CC1. The van der Waals surface area contributed by atoms with Crippen LogP contribution in [0.15, 0.2) is 28.3 Å². The number of piperidine rings is 1. The Bertz CT molecular complexity index is 969. The Labute approximate surface area is 175 Å². The average molecular weight is 438 g/mol. The van der Waals surface area contributed by atoms with Gasteiger partial charge in [-0.25, -0.2) is 9.97 Å². The first-order chi connectivity index (χ1) is 14.2. The largest absolute Gasteiger partial charge is 0.434 e. The van der Waals surface area contributed by atoms with E-state index >= 15 is 0 Å². The molecule has 1 amide bonds. The average Bonchev–Trinajstić information content (AvgIpc) is 2.67. The van der Waals surface area contributed by atoms with Gasteiger partial charge in [-0.2, -0.15) is 13.2 Å². The summed E-state index contributed by atoms with van der Waals surface area (Å²) in [4.78, 5) is 25.7. The van der Waals surface area contributed by atoms with Crippen molar-refractivity contribution in [2.24, 2.45) is 11.1 Å². The number of aromatic nitrogens is 3. The molecule has 11 heteroatoms. The normalized spacial score (nSPS) is 18.3. The summed E-state index contributed by atoms with van der Waals surface area (Å²) in [5.41, 5.74) is 10.8. The number of rotatable bonds is 4. The molecule has 160 valence electrons. The Kier molecular flexibility index (Phi) is 5.25. The van der Waals surface area contributed by atoms with Crippen LogP contribution in [0.5, 0.6) is 0 Å². The van der Waals surface area contributed by atoms with E-state index in [0.717, 1.165) is 19.0 Å². The number of primary amides is 1. The molecule has 2 aliphatic rings. The number of hydrogen-bond acceptors (Lipinski definition) is 7. The molecule has 0 unspecified atom stereocenters. The van der Waals surface area contributed by atoms with E-state index in [4.69, 9.17) is 11.5 Å². The van der Waals surface area contributed by atoms with Crippen LogP contribution in [0.4, 0.5) is 24.8 Å². The summed E-state index contributed by atoms with van der Waals surface area (Å²) >= 11 is 0.660. The van der Waals surface area contributed by atoms with E-state index in [1.807, 2.05) is 4.90 Å². The second-order valence-electron chi connectivity index (χ2n) is 7.74. The van der Waals surface area contributed by atoms with Crippen molar-refractivity contribution < 1.29 is 18.0 Å². The van der Waals surface area contributed by atoms with Crippen molar-refractivity contribution in [3.63, 3.8) is 0 Å². The van der Waals surface area contributed by atoms with Crippen LogP contribution in [0.1, 0.15) is 48.3 Å². The third-order valence-corrected chi connectivity index (χ3v) is 6.93. The van der Waals surface area contributed by atoms with Gasteiger partial charge in [0.25, 0.3) is 5.91 Å². The van der Waals surface area contributed by atoms with Crippen LogP contribution in [0.2, 0.25) is 0 Å². The quantitative estimate of drug-likeness (QED) is 0.752. The minimum Gasteiger partial charge on any atom is -0.381 e. The maximum absolute atomic E-state index is 13.2. The van der Waals surface area contributed by atoms with Crippen molar-refractivity contribution in [3.8, 4) is 0 Å². The van der Waals surface area contributed by atoms with Crippen LogP contribution in [0.3, 0.4) is 0 Å². The number of pyridine rings is 1. The predicted molar refractivity (Wildman–Crippen MR) is 106 cm³/mol. The summed E-state index contributed by atoms with van der Waals surface area (Å²) in [5, 5.41) is -0.0153. The van der Waals surface area contributed by atoms with Crippen molar-refractivity contribution in [3.05, 3.63) is 29.7 Å². The standard InChI is InChI=1S/C19H21F3N6OS/c20-19(21,22)13-11(3-1-8-25-13)30-17-14(23)27-16(12(26-17)15(24)29)28-9-6-18(7-10-28)4-2-5-18/h1,3,8H,2,4-7,9-10H2,(H2,23,27)(H2,24,29). The molecule has 1 saturated heterocycles. The zero-order valence-electron chi connectivity index (χ0n) is 16.1. The van der Waals surface area contributed by atoms with Crippen molar-refractivity contribution in [1.82, 2.24) is 15.0 Å². The van der Waals surface area contributed by atoms with E-state index in [9.17, 15) is 18.0 Å². The third-order valence-electron chi connectivity index (χ3n) is 5.89. The Hall–Kier alpha value is -2.56. The van der Waals surface area contributed by atoms with Gasteiger partial charge in [0.2, 0.25) is 0 Å². The molecule has 1 saturated carbocycles. The molecule has 2 aromatic rings. The summed E-state index contributed by atoms with van der Waals surface area (Å²) in [6.07, 6.45) is 2.11. The van der Waals surface area contributed by atoms with Crippen molar-refractivity contribution >= 4 is 29.3 Å². The lowest BCUT2D eigenvalue weighted by atomic mass is 9.63. The zero-order chi connectivity index (χ0) is 21.5. The van der Waals surface area contributed by atoms with Gasteiger partial charge in [0.15, 0.2) is 23.0 Å². The Morgan fingerprint density at radius 1 is 1.17 bits per heavy atom. The number of nitrogens with two attached hydrogens (primary N) is 2. The zero-order valence-corrected chi connectivity index (χ0v) is 16.9. The highest BCUT2D eigenvalue weighted by atomic mass is 32.2. The summed E-state index contributed by atoms with van der Waals surface area (Å²) in [5.74, 6) is -0.563. The molecule has 0 bridgehead atoms. The van der Waals surface area contributed by atoms with E-state index in [0.29, 0.717) is 36.1 Å². The van der Waals surface area contributed by atoms with Crippen LogP contribution in [0.25, 0.3) is 0 Å². The molecule has 3 heterocycles. The van der Waals surface area contributed by atoms with Crippen LogP contribution >= 0.6 is 11.8 Å². The second kappa shape index (κ2) is 7.60. The molecule has 0 aromatic carbocycles. The van der Waals surface area contributed by atoms with Gasteiger partial charge < -0.3 is 16.4 Å². The van der Waals surface area contributed by atoms with E-state index < -0.39 is 17.8 Å². The highest BCUT2D eigenvalue weighted by Crippen LogP contribution is 2.49. The molecule has 2 aromatic heterocycles. The fourth-order valence-corrected chi connectivity index (χ4v) is 4.95. The Morgan fingerprint density at radius 2 is 1.87 bits per heavy atom. The van der Waals surface area contributed by atoms with Crippen molar-refractivity contribution in [1.29, 1.82) is 0 Å². The van der Waals surface area contributed by atoms with Gasteiger partial charge in [0, 0.05) is 24.2 Å². The van der Waals surface area contributed by atoms with Crippen molar-refractivity contribution in [2.45, 2.75) is 48.2 Å². The van der Waals surface area contributed by atoms with Gasteiger partial charge in [0.05, 0.1) is 0 Å². The maximum atomic E-state index is 13.2. The molecule has 0 atom stereocenters. The summed E-state index contributed by atoms with van der Waals surface area (Å²) in [6.45, 7) is 1.42. The minimum absolute atomic E-state index is 0.0153. The second-order valence-corrected chi connectivity index (χ2v) is 8.77. The van der Waals surface area contributed by atoms with E-state index in [-0.39, 0.29) is 21.4 Å². The fraction of sp³-hybridized carbons (Fsp3) is 0.474. The number of alkyl halides is 3.